The number of aromatic nitrogens is 8. The summed E-state index contributed by atoms with van der Waals surface area (Å²) >= 11 is 10.6. The Labute approximate surface area is 253 Å². The van der Waals surface area contributed by atoms with Gasteiger partial charge in [0.05, 0.1) is 6.54 Å². The highest BCUT2D eigenvalue weighted by Gasteiger charge is 2.13. The third-order valence-corrected chi connectivity index (χ3v) is 5.48. The van der Waals surface area contributed by atoms with Crippen molar-refractivity contribution < 1.29 is 9.59 Å². The Morgan fingerprint density at radius 2 is 1.50 bits per heavy atom. The first-order chi connectivity index (χ1) is 20.2. The smallest absolute Gasteiger partial charge is 0.320 e. The van der Waals surface area contributed by atoms with Crippen LogP contribution in [-0.2, 0) is 4.79 Å². The molecular weight excluding hydrogens is 583 g/mol. The second kappa shape index (κ2) is 18.1. The van der Waals surface area contributed by atoms with E-state index in [2.05, 4.69) is 59.8 Å². The monoisotopic (exact) mass is 616 g/mol. The molecule has 0 spiro atoms. The fourth-order valence-corrected chi connectivity index (χ4v) is 3.40. The van der Waals surface area contributed by atoms with Crippen LogP contribution in [0.5, 0.6) is 0 Å². The Kier molecular flexibility index (Phi) is 14.6. The van der Waals surface area contributed by atoms with Gasteiger partial charge in [0.1, 0.15) is 35.7 Å². The van der Waals surface area contributed by atoms with Gasteiger partial charge in [-0.1, -0.05) is 12.1 Å². The normalized spacial score (nSPS) is 10.2. The molecule has 4 aromatic rings. The van der Waals surface area contributed by atoms with Crippen molar-refractivity contribution in [3.05, 3.63) is 49.1 Å². The first-order valence-electron chi connectivity index (χ1n) is 12.9. The predicted molar refractivity (Wildman–Crippen MR) is 163 cm³/mol. The average molecular weight is 618 g/mol. The van der Waals surface area contributed by atoms with Crippen LogP contribution in [0.15, 0.2) is 54.0 Å². The summed E-state index contributed by atoms with van der Waals surface area (Å²) in [6.45, 7) is 8.99. The van der Waals surface area contributed by atoms with Crippen molar-refractivity contribution >= 4 is 46.9 Å². The average Bonchev–Trinajstić information content (AvgIpc) is 3.67. The van der Waals surface area contributed by atoms with Gasteiger partial charge in [0.25, 0.3) is 0 Å². The van der Waals surface area contributed by atoms with Crippen LogP contribution < -0.4 is 16.4 Å². The lowest BCUT2D eigenvalue weighted by atomic mass is 10.3. The van der Waals surface area contributed by atoms with Crippen LogP contribution in [0.1, 0.15) is 39.8 Å². The molecule has 0 aliphatic heterocycles. The van der Waals surface area contributed by atoms with Gasteiger partial charge in [-0.05, 0) is 52.0 Å². The minimum absolute atomic E-state index is 0.223. The van der Waals surface area contributed by atoms with Crippen molar-refractivity contribution in [2.45, 2.75) is 39.8 Å². The molecule has 0 aliphatic carbocycles. The lowest BCUT2D eigenvalue weighted by Gasteiger charge is -2.10. The van der Waals surface area contributed by atoms with E-state index < -0.39 is 0 Å². The highest BCUT2D eigenvalue weighted by atomic mass is 35.5. The summed E-state index contributed by atoms with van der Waals surface area (Å²) in [4.78, 5) is 32.5. The summed E-state index contributed by atoms with van der Waals surface area (Å²) in [5.74, 6) is 3.10. The maximum atomic E-state index is 11.6. The Morgan fingerprint density at radius 1 is 0.929 bits per heavy atom. The molecule has 0 saturated carbocycles. The van der Waals surface area contributed by atoms with Crippen molar-refractivity contribution in [3.8, 4) is 23.0 Å². The first kappa shape index (κ1) is 33.8. The highest BCUT2D eigenvalue weighted by Crippen LogP contribution is 2.20. The Bertz CT molecular complexity index is 1430. The van der Waals surface area contributed by atoms with Gasteiger partial charge in [0.2, 0.25) is 6.08 Å². The molecule has 16 heteroatoms. The second-order valence-electron chi connectivity index (χ2n) is 8.90. The van der Waals surface area contributed by atoms with Crippen LogP contribution in [0.3, 0.4) is 0 Å². The number of aliphatic imine (C=N–C) groups is 1. The van der Waals surface area contributed by atoms with Crippen LogP contribution in [0.4, 0.5) is 16.4 Å². The highest BCUT2D eigenvalue weighted by molar-refractivity contribution is 6.18. The Hall–Kier alpha value is -4.39. The van der Waals surface area contributed by atoms with Crippen molar-refractivity contribution in [1.82, 2.24) is 44.8 Å². The maximum absolute atomic E-state index is 11.6. The van der Waals surface area contributed by atoms with E-state index in [9.17, 15) is 9.59 Å². The lowest BCUT2D eigenvalue weighted by Crippen LogP contribution is -2.30. The quantitative estimate of drug-likeness (QED) is 0.140. The van der Waals surface area contributed by atoms with E-state index in [1.54, 1.807) is 30.9 Å². The lowest BCUT2D eigenvalue weighted by molar-refractivity contribution is 0.252. The zero-order valence-electron chi connectivity index (χ0n) is 23.8. The van der Waals surface area contributed by atoms with Crippen molar-refractivity contribution in [1.29, 1.82) is 0 Å². The number of rotatable bonds is 9. The molecule has 14 nitrogen and oxygen atoms in total. The minimum Gasteiger partial charge on any atom is -0.384 e. The van der Waals surface area contributed by atoms with E-state index in [0.717, 1.165) is 11.5 Å². The molecule has 0 bridgehead atoms. The van der Waals surface area contributed by atoms with E-state index in [1.807, 2.05) is 41.2 Å². The minimum atomic E-state index is -0.342. The standard InChI is InChI=1S/C13H17ClN6O.C10H13N5.C3H4ClNO/c1-9(2)20-8-16-19-12(20)10-4-3-5-11(17-10)18-13(21)15-7-6-14;1-7(2)15-6-12-14-10(15)8-4-3-5-9(11)13-8;4-1-2-5-3-6/h3-5,8-9H,6-7H2,1-2H3,(H2,15,17,18,21);3-7H,1-2H3,(H2,11,13);1-2H2. The summed E-state index contributed by atoms with van der Waals surface area (Å²) in [6.07, 6.45) is 4.72. The summed E-state index contributed by atoms with van der Waals surface area (Å²) < 4.78 is 3.88. The predicted octanol–water partition coefficient (Wildman–Crippen LogP) is 4.35. The molecule has 0 unspecified atom stereocenters. The van der Waals surface area contributed by atoms with Crippen LogP contribution in [0, 0.1) is 0 Å². The number of alkyl halides is 2. The van der Waals surface area contributed by atoms with Crippen molar-refractivity contribution in [3.63, 3.8) is 0 Å². The number of nitrogens with zero attached hydrogens (tertiary/aromatic N) is 9. The number of isocyanates is 1. The third kappa shape index (κ3) is 10.9. The van der Waals surface area contributed by atoms with E-state index in [-0.39, 0.29) is 12.1 Å². The summed E-state index contributed by atoms with van der Waals surface area (Å²) in [5.41, 5.74) is 7.02. The first-order valence-corrected chi connectivity index (χ1v) is 14.0. The van der Waals surface area contributed by atoms with Gasteiger partial charge in [0, 0.05) is 30.4 Å². The third-order valence-electron chi connectivity index (χ3n) is 5.12. The molecule has 0 aliphatic rings. The van der Waals surface area contributed by atoms with Gasteiger partial charge in [-0.15, -0.1) is 43.6 Å². The number of pyridine rings is 2. The number of hydrogen-bond donors (Lipinski definition) is 3. The number of amides is 2. The number of nitrogens with two attached hydrogens (primary N) is 1. The SMILES string of the molecule is CC(C)n1cnnc1-c1cccc(N)n1.CC(C)n1cnnc1-c1cccc(NC(=O)NCCCl)n1.O=C=NCCCl. The molecule has 42 heavy (non-hydrogen) atoms. The second-order valence-corrected chi connectivity index (χ2v) is 9.65. The number of carbonyl (C=O) groups is 1. The van der Waals surface area contributed by atoms with E-state index in [0.29, 0.717) is 54.0 Å². The molecule has 0 aromatic carbocycles. The van der Waals surface area contributed by atoms with Gasteiger partial charge in [-0.25, -0.2) is 24.5 Å². The molecule has 4 aromatic heterocycles. The van der Waals surface area contributed by atoms with E-state index >= 15 is 0 Å². The van der Waals surface area contributed by atoms with Crippen molar-refractivity contribution in [2.24, 2.45) is 4.99 Å². The van der Waals surface area contributed by atoms with E-state index in [1.165, 1.54) is 6.08 Å². The zero-order valence-corrected chi connectivity index (χ0v) is 25.3. The van der Waals surface area contributed by atoms with E-state index in [4.69, 9.17) is 28.9 Å². The number of hydrogen-bond acceptors (Lipinski definition) is 10. The number of nitrogen functional groups attached to an aromatic ring is 1. The molecule has 0 atom stereocenters. The number of urea groups is 1. The van der Waals surface area contributed by atoms with Crippen LogP contribution in [0.2, 0.25) is 0 Å². The largest absolute Gasteiger partial charge is 0.384 e. The molecule has 4 N–H and O–H groups in total. The number of nitrogens with one attached hydrogen (secondary N) is 2. The van der Waals surface area contributed by atoms with Gasteiger partial charge < -0.3 is 20.2 Å². The van der Waals surface area contributed by atoms with Gasteiger partial charge >= 0.3 is 6.03 Å². The van der Waals surface area contributed by atoms with Crippen LogP contribution in [-0.4, -0.2) is 76.5 Å². The fourth-order valence-electron chi connectivity index (χ4n) is 3.22. The summed E-state index contributed by atoms with van der Waals surface area (Å²) in [7, 11) is 0. The summed E-state index contributed by atoms with van der Waals surface area (Å²) in [5, 5.41) is 21.2. The number of carbonyl (C=O) groups excluding carboxylic acids is 2. The molecule has 0 fully saturated rings. The Morgan fingerprint density at radius 3 is 1.98 bits per heavy atom. The molecular formula is C26H34Cl2N12O2. The Balaban J connectivity index is 0.000000255. The molecule has 2 amide bonds. The molecule has 224 valence electrons. The molecule has 0 radical (unpaired) electrons. The van der Waals surface area contributed by atoms with Gasteiger partial charge in [-0.3, -0.25) is 5.32 Å². The summed E-state index contributed by atoms with van der Waals surface area (Å²) in [6, 6.07) is 11.0. The number of anilines is 2. The molecule has 4 heterocycles. The van der Waals surface area contributed by atoms with Crippen molar-refractivity contribution in [2.75, 3.05) is 35.9 Å². The zero-order chi connectivity index (χ0) is 30.9. The molecule has 4 rings (SSSR count). The van der Waals surface area contributed by atoms with Crippen LogP contribution >= 0.6 is 23.2 Å². The maximum Gasteiger partial charge on any atom is 0.320 e. The van der Waals surface area contributed by atoms with Gasteiger partial charge in [-0.2, -0.15) is 0 Å². The molecule has 0 saturated heterocycles. The van der Waals surface area contributed by atoms with Crippen LogP contribution in [0.25, 0.3) is 23.0 Å². The topological polar surface area (TPSA) is 184 Å². The van der Waals surface area contributed by atoms with Gasteiger partial charge in [0.15, 0.2) is 11.6 Å². The number of halogens is 2. The fraction of sp³-hybridized carbons (Fsp3) is 0.385.